The number of methoxy groups -OCH3 is 2. The van der Waals surface area contributed by atoms with Crippen LogP contribution in [0.1, 0.15) is 16.2 Å². The number of morpholine rings is 1. The number of ether oxygens (including phenoxy) is 4. The highest BCUT2D eigenvalue weighted by Gasteiger charge is 2.24. The Hall–Kier alpha value is -4.19. The molecule has 12 nitrogen and oxygen atoms in total. The maximum Gasteiger partial charge on any atom is 0.341 e. The van der Waals surface area contributed by atoms with Crippen LogP contribution < -0.4 is 14.4 Å². The second-order valence-electron chi connectivity index (χ2n) is 7.21. The molecule has 1 aromatic heterocycles. The highest BCUT2D eigenvalue weighted by atomic mass is 16.6. The highest BCUT2D eigenvalue weighted by Crippen LogP contribution is 2.32. The average Bonchev–Trinajstić information content (AvgIpc) is 3.35. The molecule has 0 unspecified atom stereocenters. The van der Waals surface area contributed by atoms with Gasteiger partial charge in [-0.1, -0.05) is 5.16 Å². The smallest absolute Gasteiger partial charge is 0.341 e. The van der Waals surface area contributed by atoms with Crippen molar-refractivity contribution in [3.8, 4) is 22.9 Å². The van der Waals surface area contributed by atoms with Crippen LogP contribution in [0.25, 0.3) is 11.4 Å². The van der Waals surface area contributed by atoms with Crippen molar-refractivity contribution in [2.45, 2.75) is 6.61 Å². The predicted molar refractivity (Wildman–Crippen MR) is 118 cm³/mol. The van der Waals surface area contributed by atoms with Gasteiger partial charge in [0.25, 0.3) is 11.6 Å². The lowest BCUT2D eigenvalue weighted by Crippen LogP contribution is -2.37. The van der Waals surface area contributed by atoms with Crippen LogP contribution in [-0.4, -0.2) is 61.6 Å². The van der Waals surface area contributed by atoms with Crippen LogP contribution in [-0.2, 0) is 16.1 Å². The fraction of sp³-hybridized carbons (Fsp3) is 0.318. The molecule has 178 valence electrons. The number of rotatable bonds is 8. The van der Waals surface area contributed by atoms with Gasteiger partial charge in [0.1, 0.15) is 11.5 Å². The molecule has 0 radical (unpaired) electrons. The predicted octanol–water partition coefficient (Wildman–Crippen LogP) is 2.86. The van der Waals surface area contributed by atoms with Crippen LogP contribution >= 0.6 is 0 Å². The third-order valence-electron chi connectivity index (χ3n) is 5.21. The topological polar surface area (TPSA) is 139 Å². The van der Waals surface area contributed by atoms with E-state index >= 15 is 0 Å². The minimum atomic E-state index is -0.744. The van der Waals surface area contributed by atoms with E-state index in [1.807, 2.05) is 4.90 Å². The van der Waals surface area contributed by atoms with Gasteiger partial charge in [-0.3, -0.25) is 10.1 Å². The van der Waals surface area contributed by atoms with Crippen molar-refractivity contribution in [2.24, 2.45) is 0 Å². The Morgan fingerprint density at radius 2 is 1.94 bits per heavy atom. The summed E-state index contributed by atoms with van der Waals surface area (Å²) in [5.41, 5.74) is 0.967. The van der Waals surface area contributed by atoms with Crippen LogP contribution in [0.2, 0.25) is 0 Å². The number of hydrogen-bond donors (Lipinski definition) is 0. The van der Waals surface area contributed by atoms with Gasteiger partial charge >= 0.3 is 5.97 Å². The molecular weight excluding hydrogens is 448 g/mol. The summed E-state index contributed by atoms with van der Waals surface area (Å²) < 4.78 is 26.4. The summed E-state index contributed by atoms with van der Waals surface area (Å²) in [7, 11) is 3.05. The van der Waals surface area contributed by atoms with Crippen molar-refractivity contribution < 1.29 is 33.2 Å². The number of hydrogen-bond acceptors (Lipinski definition) is 11. The number of aromatic nitrogens is 2. The van der Waals surface area contributed by atoms with E-state index in [-0.39, 0.29) is 29.6 Å². The highest BCUT2D eigenvalue weighted by molar-refractivity contribution is 5.96. The quantitative estimate of drug-likeness (QED) is 0.273. The lowest BCUT2D eigenvalue weighted by molar-refractivity contribution is -0.384. The van der Waals surface area contributed by atoms with Crippen LogP contribution in [0.15, 0.2) is 40.9 Å². The summed E-state index contributed by atoms with van der Waals surface area (Å²) in [5.74, 6) is 0.642. The number of carbonyl (C=O) groups excluding carboxylic acids is 1. The lowest BCUT2D eigenvalue weighted by Gasteiger charge is -2.30. The first kappa shape index (κ1) is 23.0. The first-order chi connectivity index (χ1) is 16.5. The molecule has 2 aromatic carbocycles. The molecule has 1 aliphatic heterocycles. The van der Waals surface area contributed by atoms with E-state index in [2.05, 4.69) is 10.1 Å². The van der Waals surface area contributed by atoms with Gasteiger partial charge in [-0.15, -0.1) is 0 Å². The number of non-ortho nitro benzene ring substituents is 1. The number of benzene rings is 2. The van der Waals surface area contributed by atoms with Gasteiger partial charge in [0.2, 0.25) is 5.82 Å². The van der Waals surface area contributed by atoms with E-state index in [4.69, 9.17) is 23.5 Å². The minimum absolute atomic E-state index is 0.0552. The van der Waals surface area contributed by atoms with E-state index in [9.17, 15) is 14.9 Å². The summed E-state index contributed by atoms with van der Waals surface area (Å²) in [5, 5.41) is 15.2. The Labute approximate surface area is 194 Å². The summed E-state index contributed by atoms with van der Waals surface area (Å²) >= 11 is 0. The fourth-order valence-corrected chi connectivity index (χ4v) is 3.49. The SMILES string of the molecule is COc1ccc(-c2noc(COC(=O)c3cc([N+](=O)[O-])ccc3N3CCOCC3)n2)c(OC)c1. The maximum absolute atomic E-state index is 12.9. The second kappa shape index (κ2) is 10.2. The molecule has 3 aromatic rings. The number of nitrogens with zero attached hydrogens (tertiary/aromatic N) is 4. The Morgan fingerprint density at radius 3 is 2.65 bits per heavy atom. The molecule has 0 atom stereocenters. The summed E-state index contributed by atoms with van der Waals surface area (Å²) in [6.07, 6.45) is 0. The molecule has 1 aliphatic rings. The standard InChI is InChI=1S/C22H22N4O8/c1-30-15-4-5-16(19(12-15)31-2)21-23-20(34-24-21)13-33-22(27)17-11-14(26(28)29)3-6-18(17)25-7-9-32-10-8-25/h3-6,11-12H,7-10,13H2,1-2H3. The van der Waals surface area contributed by atoms with Crippen LogP contribution in [0.4, 0.5) is 11.4 Å². The van der Waals surface area contributed by atoms with Crippen molar-refractivity contribution >= 4 is 17.3 Å². The van der Waals surface area contributed by atoms with Crippen LogP contribution in [0.5, 0.6) is 11.5 Å². The van der Waals surface area contributed by atoms with Gasteiger partial charge in [0, 0.05) is 31.3 Å². The average molecular weight is 470 g/mol. The lowest BCUT2D eigenvalue weighted by atomic mass is 10.1. The molecule has 1 fully saturated rings. The van der Waals surface area contributed by atoms with Gasteiger partial charge in [-0.2, -0.15) is 4.98 Å². The molecule has 0 N–H and O–H groups in total. The van der Waals surface area contributed by atoms with E-state index in [1.54, 1.807) is 31.4 Å². The number of nitro benzene ring substituents is 1. The number of nitro groups is 1. The molecule has 1 saturated heterocycles. The van der Waals surface area contributed by atoms with Crippen molar-refractivity contribution in [1.29, 1.82) is 0 Å². The summed E-state index contributed by atoms with van der Waals surface area (Å²) in [6, 6.07) is 9.23. The zero-order valence-electron chi connectivity index (χ0n) is 18.6. The Kier molecular flexibility index (Phi) is 6.87. The molecule has 0 amide bonds. The largest absolute Gasteiger partial charge is 0.497 e. The molecule has 2 heterocycles. The third-order valence-corrected chi connectivity index (χ3v) is 5.21. The summed E-state index contributed by atoms with van der Waals surface area (Å²) in [6.45, 7) is 1.77. The van der Waals surface area contributed by atoms with Gasteiger partial charge in [-0.25, -0.2) is 4.79 Å². The molecule has 0 aliphatic carbocycles. The number of carbonyl (C=O) groups is 1. The van der Waals surface area contributed by atoms with Crippen molar-refractivity contribution in [1.82, 2.24) is 10.1 Å². The van der Waals surface area contributed by atoms with Gasteiger partial charge < -0.3 is 28.4 Å². The zero-order valence-corrected chi connectivity index (χ0v) is 18.6. The van der Waals surface area contributed by atoms with Gasteiger partial charge in [0.15, 0.2) is 6.61 Å². The van der Waals surface area contributed by atoms with E-state index in [0.717, 1.165) is 0 Å². The van der Waals surface area contributed by atoms with Crippen LogP contribution in [0.3, 0.4) is 0 Å². The fourth-order valence-electron chi connectivity index (χ4n) is 3.49. The van der Waals surface area contributed by atoms with Crippen molar-refractivity contribution in [2.75, 3.05) is 45.4 Å². The Morgan fingerprint density at radius 1 is 1.15 bits per heavy atom. The first-order valence-electron chi connectivity index (χ1n) is 10.3. The molecular formula is C22H22N4O8. The van der Waals surface area contributed by atoms with Gasteiger partial charge in [-0.05, 0) is 18.2 Å². The van der Waals surface area contributed by atoms with E-state index in [1.165, 1.54) is 19.2 Å². The molecule has 12 heteroatoms. The first-order valence-corrected chi connectivity index (χ1v) is 10.3. The summed E-state index contributed by atoms with van der Waals surface area (Å²) in [4.78, 5) is 29.7. The number of esters is 1. The molecule has 4 rings (SSSR count). The zero-order chi connectivity index (χ0) is 24.1. The normalized spacial score (nSPS) is 13.4. The monoisotopic (exact) mass is 470 g/mol. The van der Waals surface area contributed by atoms with E-state index in [0.29, 0.717) is 49.1 Å². The Bertz CT molecular complexity index is 1190. The van der Waals surface area contributed by atoms with Crippen molar-refractivity contribution in [3.63, 3.8) is 0 Å². The molecule has 0 saturated carbocycles. The van der Waals surface area contributed by atoms with Crippen molar-refractivity contribution in [3.05, 3.63) is 58.0 Å². The molecule has 0 spiro atoms. The third kappa shape index (κ3) is 4.91. The molecule has 0 bridgehead atoms. The van der Waals surface area contributed by atoms with Crippen LogP contribution in [0, 0.1) is 10.1 Å². The van der Waals surface area contributed by atoms with Gasteiger partial charge in [0.05, 0.1) is 49.2 Å². The van der Waals surface area contributed by atoms with E-state index < -0.39 is 10.9 Å². The second-order valence-corrected chi connectivity index (χ2v) is 7.21. The minimum Gasteiger partial charge on any atom is -0.497 e. The number of anilines is 1. The maximum atomic E-state index is 12.9. The molecule has 34 heavy (non-hydrogen) atoms. The Balaban J connectivity index is 1.52.